The van der Waals surface area contributed by atoms with Crippen LogP contribution in [-0.4, -0.2) is 30.7 Å². The zero-order chi connectivity index (χ0) is 24.9. The van der Waals surface area contributed by atoms with Crippen molar-refractivity contribution in [3.8, 4) is 0 Å². The second kappa shape index (κ2) is 11.2. The lowest BCUT2D eigenvalue weighted by Gasteiger charge is -2.19. The summed E-state index contributed by atoms with van der Waals surface area (Å²) >= 11 is 6.16. The number of nitrogens with zero attached hydrogens (tertiary/aromatic N) is 1. The summed E-state index contributed by atoms with van der Waals surface area (Å²) in [7, 11) is 0. The van der Waals surface area contributed by atoms with E-state index in [2.05, 4.69) is 0 Å². The Morgan fingerprint density at radius 3 is 2.68 bits per heavy atom. The van der Waals surface area contributed by atoms with Gasteiger partial charge in [0.2, 0.25) is 0 Å². The van der Waals surface area contributed by atoms with Gasteiger partial charge in [-0.25, -0.2) is 4.79 Å². The molecule has 34 heavy (non-hydrogen) atoms. The molecule has 1 fully saturated rings. The number of benzene rings is 2. The minimum absolute atomic E-state index is 0.125. The van der Waals surface area contributed by atoms with E-state index in [-0.39, 0.29) is 29.9 Å². The van der Waals surface area contributed by atoms with Crippen LogP contribution in [0.15, 0.2) is 48.0 Å². The summed E-state index contributed by atoms with van der Waals surface area (Å²) in [5, 5.41) is 0.392. The molecule has 0 spiro atoms. The Labute approximate surface area is 203 Å². The summed E-state index contributed by atoms with van der Waals surface area (Å²) < 4.78 is 46.1. The van der Waals surface area contributed by atoms with E-state index in [1.807, 2.05) is 19.9 Å². The number of amides is 1. The van der Waals surface area contributed by atoms with Crippen LogP contribution in [0.1, 0.15) is 43.4 Å². The van der Waals surface area contributed by atoms with Gasteiger partial charge in [0.1, 0.15) is 0 Å². The highest BCUT2D eigenvalue weighted by atomic mass is 35.5. The number of ether oxygens (including phenoxy) is 1. The van der Waals surface area contributed by atoms with Crippen LogP contribution in [0, 0.1) is 11.8 Å². The first kappa shape index (κ1) is 25.9. The number of allylic oxidation sites excluding steroid dienone is 1. The second-order valence-corrected chi connectivity index (χ2v) is 9.60. The summed E-state index contributed by atoms with van der Waals surface area (Å²) in [5.41, 5.74) is 7.42. The lowest BCUT2D eigenvalue weighted by molar-refractivity contribution is -0.138. The maximum Gasteiger partial charge on any atom is 0.416 e. The third kappa shape index (κ3) is 7.16. The van der Waals surface area contributed by atoms with Crippen LogP contribution in [0.3, 0.4) is 0 Å². The van der Waals surface area contributed by atoms with E-state index in [4.69, 9.17) is 22.1 Å². The van der Waals surface area contributed by atoms with Crippen LogP contribution in [0.25, 0.3) is 6.08 Å². The first-order valence-electron chi connectivity index (χ1n) is 11.3. The van der Waals surface area contributed by atoms with Crippen molar-refractivity contribution < 1.29 is 22.7 Å². The monoisotopic (exact) mass is 494 g/mol. The predicted molar refractivity (Wildman–Crippen MR) is 129 cm³/mol. The molecule has 0 aliphatic carbocycles. The highest BCUT2D eigenvalue weighted by Crippen LogP contribution is 2.35. The normalized spacial score (nSPS) is 16.9. The SMILES string of the molecule is CC(C)COC(=O)N1CCC(C/C(=C/c2ccc(N)c(Cl)c2)Cc2ccccc2C(F)(F)F)C1. The maximum absolute atomic E-state index is 13.6. The molecule has 8 heteroatoms. The van der Waals surface area contributed by atoms with Crippen LogP contribution in [-0.2, 0) is 17.3 Å². The van der Waals surface area contributed by atoms with Gasteiger partial charge in [-0.1, -0.05) is 61.4 Å². The fourth-order valence-electron chi connectivity index (χ4n) is 4.11. The van der Waals surface area contributed by atoms with Gasteiger partial charge in [-0.05, 0) is 60.4 Å². The zero-order valence-corrected chi connectivity index (χ0v) is 20.1. The molecule has 4 nitrogen and oxygen atoms in total. The number of rotatable bonds is 7. The van der Waals surface area contributed by atoms with Crippen LogP contribution >= 0.6 is 11.6 Å². The van der Waals surface area contributed by atoms with E-state index in [9.17, 15) is 18.0 Å². The van der Waals surface area contributed by atoms with E-state index >= 15 is 0 Å². The van der Waals surface area contributed by atoms with Gasteiger partial charge < -0.3 is 15.4 Å². The molecule has 0 bridgehead atoms. The lowest BCUT2D eigenvalue weighted by Crippen LogP contribution is -2.30. The molecule has 1 atom stereocenters. The Bertz CT molecular complexity index is 1040. The molecule has 184 valence electrons. The van der Waals surface area contributed by atoms with Gasteiger partial charge in [0, 0.05) is 13.1 Å². The molecule has 1 aliphatic rings. The average Bonchev–Trinajstić information content (AvgIpc) is 3.23. The van der Waals surface area contributed by atoms with Crippen molar-refractivity contribution in [1.82, 2.24) is 4.90 Å². The fraction of sp³-hybridized carbons (Fsp3) is 0.423. The summed E-state index contributed by atoms with van der Waals surface area (Å²) in [6, 6.07) is 10.8. The molecule has 2 aromatic rings. The Balaban J connectivity index is 1.82. The fourth-order valence-corrected chi connectivity index (χ4v) is 4.30. The van der Waals surface area contributed by atoms with E-state index in [0.29, 0.717) is 36.8 Å². The van der Waals surface area contributed by atoms with E-state index < -0.39 is 11.7 Å². The predicted octanol–water partition coefficient (Wildman–Crippen LogP) is 7.07. The Kier molecular flexibility index (Phi) is 8.52. The van der Waals surface area contributed by atoms with E-state index in [0.717, 1.165) is 23.6 Å². The van der Waals surface area contributed by atoms with E-state index in [1.54, 1.807) is 29.2 Å². The molecule has 1 aliphatic heterocycles. The van der Waals surface area contributed by atoms with E-state index in [1.165, 1.54) is 12.1 Å². The molecule has 0 radical (unpaired) electrons. The molecule has 1 heterocycles. The van der Waals surface area contributed by atoms with Gasteiger partial charge in [-0.15, -0.1) is 0 Å². The molecule has 1 amide bonds. The number of carbonyl (C=O) groups excluding carboxylic acids is 1. The second-order valence-electron chi connectivity index (χ2n) is 9.19. The van der Waals surface area contributed by atoms with Crippen LogP contribution < -0.4 is 5.73 Å². The topological polar surface area (TPSA) is 55.6 Å². The molecular weight excluding hydrogens is 465 g/mol. The third-order valence-electron chi connectivity index (χ3n) is 5.77. The number of alkyl halides is 3. The number of hydrogen-bond acceptors (Lipinski definition) is 3. The van der Waals surface area contributed by atoms with Crippen molar-refractivity contribution in [3.63, 3.8) is 0 Å². The largest absolute Gasteiger partial charge is 0.449 e. The number of carbonyl (C=O) groups is 1. The molecule has 0 aromatic heterocycles. The number of nitrogens with two attached hydrogens (primary N) is 1. The number of likely N-dealkylation sites (tertiary alicyclic amines) is 1. The van der Waals surface area contributed by atoms with Gasteiger partial charge in [0.15, 0.2) is 0 Å². The van der Waals surface area contributed by atoms with Gasteiger partial charge in [-0.2, -0.15) is 13.2 Å². The van der Waals surface area contributed by atoms with Gasteiger partial charge in [-0.3, -0.25) is 0 Å². The minimum atomic E-state index is -4.43. The maximum atomic E-state index is 13.6. The average molecular weight is 495 g/mol. The third-order valence-corrected chi connectivity index (χ3v) is 6.10. The molecule has 1 saturated heterocycles. The smallest absolute Gasteiger partial charge is 0.416 e. The summed E-state index contributed by atoms with van der Waals surface area (Å²) in [6.45, 7) is 5.38. The first-order valence-corrected chi connectivity index (χ1v) is 11.7. The van der Waals surface area contributed by atoms with Crippen LogP contribution in [0.5, 0.6) is 0 Å². The molecular formula is C26H30ClF3N2O2. The summed E-state index contributed by atoms with van der Waals surface area (Å²) in [4.78, 5) is 14.0. The number of nitrogen functional groups attached to an aromatic ring is 1. The van der Waals surface area contributed by atoms with Crippen LogP contribution in [0.2, 0.25) is 5.02 Å². The highest BCUT2D eigenvalue weighted by molar-refractivity contribution is 6.33. The number of anilines is 1. The van der Waals surface area contributed by atoms with Crippen molar-refractivity contribution in [2.45, 2.75) is 39.3 Å². The number of halogens is 4. The minimum Gasteiger partial charge on any atom is -0.449 e. The molecule has 2 N–H and O–H groups in total. The molecule has 0 saturated carbocycles. The summed E-state index contributed by atoms with van der Waals surface area (Å²) in [6.07, 6.45) is -1.44. The lowest BCUT2D eigenvalue weighted by atomic mass is 9.90. The van der Waals surface area contributed by atoms with Crippen molar-refractivity contribution in [3.05, 3.63) is 69.8 Å². The Hall–Kier alpha value is -2.67. The van der Waals surface area contributed by atoms with Crippen molar-refractivity contribution >= 4 is 29.5 Å². The number of hydrogen-bond donors (Lipinski definition) is 1. The summed E-state index contributed by atoms with van der Waals surface area (Å²) in [5.74, 6) is 0.373. The molecule has 3 rings (SSSR count). The zero-order valence-electron chi connectivity index (χ0n) is 19.4. The van der Waals surface area contributed by atoms with Crippen molar-refractivity contribution in [2.75, 3.05) is 25.4 Å². The van der Waals surface area contributed by atoms with Crippen LogP contribution in [0.4, 0.5) is 23.7 Å². The van der Waals surface area contributed by atoms with Gasteiger partial charge >= 0.3 is 12.3 Å². The van der Waals surface area contributed by atoms with Crippen molar-refractivity contribution in [1.29, 1.82) is 0 Å². The van der Waals surface area contributed by atoms with Gasteiger partial charge in [0.05, 0.1) is 22.9 Å². The quantitative estimate of drug-likeness (QED) is 0.419. The van der Waals surface area contributed by atoms with Crippen molar-refractivity contribution in [2.24, 2.45) is 11.8 Å². The highest BCUT2D eigenvalue weighted by Gasteiger charge is 2.33. The Morgan fingerprint density at radius 2 is 2.00 bits per heavy atom. The Morgan fingerprint density at radius 1 is 1.26 bits per heavy atom. The first-order chi connectivity index (χ1) is 16.0. The molecule has 1 unspecified atom stereocenters. The standard InChI is InChI=1S/C26H30ClF3N2O2/c1-17(2)16-34-25(33)32-10-9-19(15-32)12-20(11-18-7-8-24(31)23(27)14-18)13-21-5-3-4-6-22(21)26(28,29)30/h3-8,11,14,17,19H,9-10,12-13,15-16,31H2,1-2H3/b20-11-. The van der Waals surface area contributed by atoms with Gasteiger partial charge in [0.25, 0.3) is 0 Å². The molecule has 2 aromatic carbocycles.